The van der Waals surface area contributed by atoms with Gasteiger partial charge in [-0.3, -0.25) is 15.0 Å². The Labute approximate surface area is 275 Å². The van der Waals surface area contributed by atoms with Crippen LogP contribution >= 0.6 is 0 Å². The zero-order chi connectivity index (χ0) is 34.5. The Morgan fingerprint density at radius 3 is 1.51 bits per heavy atom. The van der Waals surface area contributed by atoms with Crippen molar-refractivity contribution in [2.24, 2.45) is 5.84 Å². The number of carbonyl (C=O) groups is 5. The molecule has 0 spiro atoms. The van der Waals surface area contributed by atoms with Crippen LogP contribution in [0.15, 0.2) is 60.7 Å². The number of benzene rings is 2. The third kappa shape index (κ3) is 17.4. The molecule has 2 aromatic rings. The van der Waals surface area contributed by atoms with Crippen molar-refractivity contribution in [3.63, 3.8) is 0 Å². The molecule has 0 saturated heterocycles. The summed E-state index contributed by atoms with van der Waals surface area (Å²) in [6.45, 7) is 5.98. The van der Waals surface area contributed by atoms with E-state index in [9.17, 15) is 24.0 Å². The summed E-state index contributed by atoms with van der Waals surface area (Å²) in [5, 5.41) is 10.6. The van der Waals surface area contributed by atoms with E-state index in [4.69, 9.17) is 20.1 Å². The van der Waals surface area contributed by atoms with E-state index >= 15 is 0 Å². The highest BCUT2D eigenvalue weighted by atomic mass is 16.6. The van der Waals surface area contributed by atoms with Crippen molar-refractivity contribution >= 4 is 30.1 Å². The lowest BCUT2D eigenvalue weighted by Gasteiger charge is -2.25. The molecule has 5 amide bonds. The molecule has 0 saturated carbocycles. The van der Waals surface area contributed by atoms with Gasteiger partial charge in [0.2, 0.25) is 5.91 Å². The normalized spacial score (nSPS) is 12.1. The van der Waals surface area contributed by atoms with Crippen molar-refractivity contribution in [2.75, 3.05) is 13.1 Å². The van der Waals surface area contributed by atoms with Gasteiger partial charge in [0.05, 0.1) is 0 Å². The Bertz CT molecular complexity index is 1260. The molecule has 0 aliphatic heterocycles. The van der Waals surface area contributed by atoms with Gasteiger partial charge in [-0.05, 0) is 70.4 Å². The molecule has 0 fully saturated rings. The molecule has 47 heavy (non-hydrogen) atoms. The number of amides is 5. The quantitative estimate of drug-likeness (QED) is 0.0457. The van der Waals surface area contributed by atoms with Gasteiger partial charge in [0.25, 0.3) is 5.91 Å². The maximum Gasteiger partial charge on any atom is 0.408 e. The van der Waals surface area contributed by atoms with Gasteiger partial charge >= 0.3 is 18.3 Å². The van der Waals surface area contributed by atoms with Gasteiger partial charge in [-0.15, -0.1) is 0 Å². The summed E-state index contributed by atoms with van der Waals surface area (Å²) in [4.78, 5) is 62.2. The third-order valence-electron chi connectivity index (χ3n) is 6.59. The monoisotopic (exact) mass is 656 g/mol. The molecule has 2 atom stereocenters. The predicted octanol–water partition coefficient (Wildman–Crippen LogP) is 3.55. The fourth-order valence-electron chi connectivity index (χ4n) is 4.24. The molecule has 14 heteroatoms. The molecule has 7 N–H and O–H groups in total. The van der Waals surface area contributed by atoms with E-state index < -0.39 is 47.8 Å². The number of hydrogen-bond donors (Lipinski definition) is 6. The smallest absolute Gasteiger partial charge is 0.408 e. The van der Waals surface area contributed by atoms with Crippen molar-refractivity contribution < 1.29 is 38.2 Å². The van der Waals surface area contributed by atoms with Crippen molar-refractivity contribution in [3.05, 3.63) is 71.8 Å². The van der Waals surface area contributed by atoms with Gasteiger partial charge < -0.3 is 35.5 Å². The summed E-state index contributed by atoms with van der Waals surface area (Å²) in [7, 11) is 0. The van der Waals surface area contributed by atoms with Crippen molar-refractivity contribution in [3.8, 4) is 0 Å². The number of carbonyl (C=O) groups excluding carboxylic acids is 5. The lowest BCUT2D eigenvalue weighted by molar-refractivity contribution is -0.130. The molecule has 0 bridgehead atoms. The van der Waals surface area contributed by atoms with Crippen LogP contribution in [0.3, 0.4) is 0 Å². The van der Waals surface area contributed by atoms with E-state index in [1.807, 2.05) is 60.7 Å². The Balaban J connectivity index is 1.82. The van der Waals surface area contributed by atoms with E-state index in [1.54, 1.807) is 20.8 Å². The van der Waals surface area contributed by atoms with E-state index in [2.05, 4.69) is 26.7 Å². The number of ether oxygens (including phenoxy) is 3. The van der Waals surface area contributed by atoms with Gasteiger partial charge in [-0.25, -0.2) is 20.2 Å². The van der Waals surface area contributed by atoms with Gasteiger partial charge in [-0.2, -0.15) is 0 Å². The summed E-state index contributed by atoms with van der Waals surface area (Å²) >= 11 is 0. The Kier molecular flexibility index (Phi) is 17.2. The van der Waals surface area contributed by atoms with Gasteiger partial charge in [0.1, 0.15) is 30.9 Å². The molecule has 0 heterocycles. The Morgan fingerprint density at radius 1 is 0.638 bits per heavy atom. The summed E-state index contributed by atoms with van der Waals surface area (Å²) in [5.41, 5.74) is 2.99. The minimum Gasteiger partial charge on any atom is -0.445 e. The highest BCUT2D eigenvalue weighted by molar-refractivity contribution is 5.91. The number of nitrogens with one attached hydrogen (secondary N) is 5. The first-order valence-corrected chi connectivity index (χ1v) is 15.7. The van der Waals surface area contributed by atoms with Crippen LogP contribution in [-0.2, 0) is 37.0 Å². The van der Waals surface area contributed by atoms with E-state index in [-0.39, 0.29) is 26.1 Å². The van der Waals surface area contributed by atoms with E-state index in [0.29, 0.717) is 38.8 Å². The SMILES string of the molecule is CC(C)(C)OC(=O)NC(CCCCNC(=O)OCc1ccccc1)C(=O)NC(CCCCNC(=O)OCc1ccccc1)C(=O)NN. The molecular weight excluding hydrogens is 608 g/mol. The number of hydrazine groups is 1. The van der Waals surface area contributed by atoms with E-state index in [1.165, 1.54) is 0 Å². The second-order valence-electron chi connectivity index (χ2n) is 11.7. The van der Waals surface area contributed by atoms with Gasteiger partial charge in [-0.1, -0.05) is 60.7 Å². The number of rotatable bonds is 18. The molecule has 14 nitrogen and oxygen atoms in total. The van der Waals surface area contributed by atoms with Crippen LogP contribution in [0.1, 0.15) is 70.4 Å². The topological polar surface area (TPSA) is 199 Å². The lowest BCUT2D eigenvalue weighted by Crippen LogP contribution is -2.55. The van der Waals surface area contributed by atoms with Crippen LogP contribution in [0.5, 0.6) is 0 Å². The van der Waals surface area contributed by atoms with Crippen LogP contribution < -0.4 is 32.5 Å². The molecule has 0 aliphatic rings. The average molecular weight is 657 g/mol. The number of unbranched alkanes of at least 4 members (excludes halogenated alkanes) is 2. The minimum absolute atomic E-state index is 0.143. The predicted molar refractivity (Wildman–Crippen MR) is 174 cm³/mol. The maximum absolute atomic E-state index is 13.3. The van der Waals surface area contributed by atoms with Gasteiger partial charge in [0, 0.05) is 13.1 Å². The first-order chi connectivity index (χ1) is 22.5. The van der Waals surface area contributed by atoms with Crippen molar-refractivity contribution in [2.45, 2.75) is 90.2 Å². The highest BCUT2D eigenvalue weighted by Gasteiger charge is 2.28. The van der Waals surface area contributed by atoms with Crippen molar-refractivity contribution in [1.82, 2.24) is 26.7 Å². The maximum atomic E-state index is 13.3. The first-order valence-electron chi connectivity index (χ1n) is 15.7. The Hall–Kier alpha value is -4.85. The summed E-state index contributed by atoms with van der Waals surface area (Å²) < 4.78 is 15.7. The highest BCUT2D eigenvalue weighted by Crippen LogP contribution is 2.10. The molecule has 0 aromatic heterocycles. The van der Waals surface area contributed by atoms with Crippen LogP contribution in [-0.4, -0.2) is 60.9 Å². The van der Waals surface area contributed by atoms with E-state index in [0.717, 1.165) is 11.1 Å². The zero-order valence-electron chi connectivity index (χ0n) is 27.3. The number of hydrogen-bond acceptors (Lipinski definition) is 9. The van der Waals surface area contributed by atoms with Crippen LogP contribution in [0.2, 0.25) is 0 Å². The number of nitrogens with two attached hydrogens (primary N) is 1. The third-order valence-corrected chi connectivity index (χ3v) is 6.59. The molecule has 2 aromatic carbocycles. The summed E-state index contributed by atoms with van der Waals surface area (Å²) in [6, 6.07) is 16.5. The lowest BCUT2D eigenvalue weighted by atomic mass is 10.1. The molecule has 0 aliphatic carbocycles. The molecule has 0 radical (unpaired) electrons. The second-order valence-corrected chi connectivity index (χ2v) is 11.7. The second kappa shape index (κ2) is 21.0. The standard InChI is InChI=1S/C33H48N6O8/c1-33(2,3)47-32(44)38-26(18-10-12-20-35-30(42)45-22-24-14-6-4-7-15-24)28(40)37-27(29(41)39-34)19-11-13-21-36-31(43)46-23-25-16-8-5-9-17-25/h4-9,14-17,26-27H,10-13,18-23,34H2,1-3H3,(H,35,42)(H,36,43)(H,37,40)(H,38,44)(H,39,41). The van der Waals surface area contributed by atoms with Crippen LogP contribution in [0.25, 0.3) is 0 Å². The van der Waals surface area contributed by atoms with Crippen LogP contribution in [0, 0.1) is 0 Å². The average Bonchev–Trinajstić information content (AvgIpc) is 3.04. The molecule has 258 valence electrons. The zero-order valence-corrected chi connectivity index (χ0v) is 27.3. The molecule has 2 unspecified atom stereocenters. The first kappa shape index (κ1) is 38.3. The Morgan fingerprint density at radius 2 is 1.09 bits per heavy atom. The largest absolute Gasteiger partial charge is 0.445 e. The molecule has 2 rings (SSSR count). The van der Waals surface area contributed by atoms with Crippen LogP contribution in [0.4, 0.5) is 14.4 Å². The van der Waals surface area contributed by atoms with Gasteiger partial charge in [0.15, 0.2) is 0 Å². The fraction of sp³-hybridized carbons (Fsp3) is 0.485. The minimum atomic E-state index is -1.02. The summed E-state index contributed by atoms with van der Waals surface area (Å²) in [5.74, 6) is 4.16. The fourth-order valence-corrected chi connectivity index (χ4v) is 4.24. The van der Waals surface area contributed by atoms with Crippen molar-refractivity contribution in [1.29, 1.82) is 0 Å². The number of alkyl carbamates (subject to hydrolysis) is 3. The molecular formula is C33H48N6O8. The summed E-state index contributed by atoms with van der Waals surface area (Å²) in [6.07, 6.45) is 0.435.